The molecule has 0 saturated carbocycles. The number of nitrogens with two attached hydrogens (primary N) is 1. The van der Waals surface area contributed by atoms with Crippen LogP contribution in [0.3, 0.4) is 0 Å². The third-order valence-corrected chi connectivity index (χ3v) is 4.89. The van der Waals surface area contributed by atoms with E-state index in [0.29, 0.717) is 5.82 Å². The molecule has 0 aliphatic carbocycles. The van der Waals surface area contributed by atoms with Gasteiger partial charge in [-0.25, -0.2) is 13.4 Å². The fourth-order valence-electron chi connectivity index (χ4n) is 1.60. The minimum Gasteiger partial charge on any atom is -0.398 e. The molecule has 2 N–H and O–H groups in total. The van der Waals surface area contributed by atoms with Gasteiger partial charge in [-0.05, 0) is 24.3 Å². The molecule has 0 radical (unpaired) electrons. The molecular weight excluding hydrogens is 286 g/mol. The van der Waals surface area contributed by atoms with Crippen molar-refractivity contribution < 1.29 is 8.42 Å². The highest BCUT2D eigenvalue weighted by Crippen LogP contribution is 2.30. The second-order valence-electron chi connectivity index (χ2n) is 3.82. The lowest BCUT2D eigenvalue weighted by molar-refractivity contribution is 0.594. The van der Waals surface area contributed by atoms with Crippen molar-refractivity contribution in [3.8, 4) is 0 Å². The number of benzene rings is 1. The lowest BCUT2D eigenvalue weighted by Crippen LogP contribution is -2.28. The van der Waals surface area contributed by atoms with Crippen LogP contribution in [-0.2, 0) is 10.0 Å². The van der Waals surface area contributed by atoms with E-state index < -0.39 is 10.0 Å². The average Bonchev–Trinajstić information content (AvgIpc) is 2.38. The van der Waals surface area contributed by atoms with Crippen LogP contribution in [0, 0.1) is 0 Å². The molecule has 0 unspecified atom stereocenters. The van der Waals surface area contributed by atoms with Crippen molar-refractivity contribution >= 4 is 33.1 Å². The van der Waals surface area contributed by atoms with E-state index in [1.54, 1.807) is 24.3 Å². The Balaban J connectivity index is 2.55. The highest BCUT2D eigenvalue weighted by molar-refractivity contribution is 7.93. The number of nitrogen functional groups attached to an aromatic ring is 1. The van der Waals surface area contributed by atoms with Crippen LogP contribution in [0.15, 0.2) is 47.5 Å². The Kier molecular flexibility index (Phi) is 3.64. The van der Waals surface area contributed by atoms with Gasteiger partial charge in [0, 0.05) is 13.2 Å². The normalized spacial score (nSPS) is 11.3. The summed E-state index contributed by atoms with van der Waals surface area (Å²) in [7, 11) is -2.44. The van der Waals surface area contributed by atoms with Crippen LogP contribution in [0.4, 0.5) is 11.5 Å². The summed E-state index contributed by atoms with van der Waals surface area (Å²) in [4.78, 5) is 3.89. The SMILES string of the molecule is CN(c1ccccn1)S(=O)(=O)c1c(N)cccc1Cl. The summed E-state index contributed by atoms with van der Waals surface area (Å²) in [5.74, 6) is 0.293. The molecule has 0 aliphatic rings. The molecule has 100 valence electrons. The van der Waals surface area contributed by atoms with Gasteiger partial charge in [-0.2, -0.15) is 0 Å². The van der Waals surface area contributed by atoms with Gasteiger partial charge in [0.25, 0.3) is 10.0 Å². The number of pyridine rings is 1. The van der Waals surface area contributed by atoms with Crippen molar-refractivity contribution in [2.45, 2.75) is 4.90 Å². The summed E-state index contributed by atoms with van der Waals surface area (Å²) in [6.45, 7) is 0. The van der Waals surface area contributed by atoms with E-state index in [-0.39, 0.29) is 15.6 Å². The molecule has 2 aromatic rings. The number of halogens is 1. The average molecular weight is 298 g/mol. The summed E-state index contributed by atoms with van der Waals surface area (Å²) in [6.07, 6.45) is 1.51. The van der Waals surface area contributed by atoms with Crippen LogP contribution < -0.4 is 10.0 Å². The molecule has 5 nitrogen and oxygen atoms in total. The summed E-state index contributed by atoms with van der Waals surface area (Å²) in [6, 6.07) is 9.56. The molecule has 0 bridgehead atoms. The molecule has 1 aromatic carbocycles. The van der Waals surface area contributed by atoms with Gasteiger partial charge < -0.3 is 5.73 Å². The van der Waals surface area contributed by atoms with Crippen molar-refractivity contribution in [3.63, 3.8) is 0 Å². The van der Waals surface area contributed by atoms with Crippen molar-refractivity contribution in [1.29, 1.82) is 0 Å². The van der Waals surface area contributed by atoms with Crippen LogP contribution in [0.2, 0.25) is 5.02 Å². The van der Waals surface area contributed by atoms with Crippen molar-refractivity contribution in [2.24, 2.45) is 0 Å². The molecule has 0 amide bonds. The molecule has 0 fully saturated rings. The minimum absolute atomic E-state index is 0.0859. The lowest BCUT2D eigenvalue weighted by atomic mass is 10.3. The van der Waals surface area contributed by atoms with E-state index in [0.717, 1.165) is 4.31 Å². The number of sulfonamides is 1. The molecule has 1 aromatic heterocycles. The summed E-state index contributed by atoms with van der Waals surface area (Å²) in [5, 5.41) is 0.0859. The standard InChI is InChI=1S/C12H12ClN3O2S/c1-16(11-7-2-3-8-15-11)19(17,18)12-9(13)5-4-6-10(12)14/h2-8H,14H2,1H3. The smallest absolute Gasteiger partial charge is 0.268 e. The van der Waals surface area contributed by atoms with Crippen LogP contribution in [-0.4, -0.2) is 20.4 Å². The predicted octanol–water partition coefficient (Wildman–Crippen LogP) is 2.14. The molecule has 0 atom stereocenters. The van der Waals surface area contributed by atoms with E-state index in [2.05, 4.69) is 4.98 Å². The van der Waals surface area contributed by atoms with E-state index in [9.17, 15) is 8.42 Å². The summed E-state index contributed by atoms with van der Waals surface area (Å²) in [5.41, 5.74) is 5.82. The first kappa shape index (κ1) is 13.6. The van der Waals surface area contributed by atoms with E-state index in [1.165, 1.54) is 25.4 Å². The molecule has 0 spiro atoms. The monoisotopic (exact) mass is 297 g/mol. The molecule has 19 heavy (non-hydrogen) atoms. The molecule has 7 heteroatoms. The molecule has 0 saturated heterocycles. The van der Waals surface area contributed by atoms with Crippen LogP contribution in [0.5, 0.6) is 0 Å². The molecule has 2 rings (SSSR count). The second-order valence-corrected chi connectivity index (χ2v) is 6.13. The quantitative estimate of drug-likeness (QED) is 0.881. The maximum Gasteiger partial charge on any atom is 0.268 e. The fraction of sp³-hybridized carbons (Fsp3) is 0.0833. The zero-order valence-electron chi connectivity index (χ0n) is 10.1. The topological polar surface area (TPSA) is 76.3 Å². The number of hydrogen-bond donors (Lipinski definition) is 1. The van der Waals surface area contributed by atoms with Crippen molar-refractivity contribution in [2.75, 3.05) is 17.1 Å². The Morgan fingerprint density at radius 1 is 1.21 bits per heavy atom. The molecule has 0 aliphatic heterocycles. The predicted molar refractivity (Wildman–Crippen MR) is 75.7 cm³/mol. The lowest BCUT2D eigenvalue weighted by Gasteiger charge is -2.19. The van der Waals surface area contributed by atoms with Gasteiger partial charge in [-0.1, -0.05) is 23.7 Å². The number of nitrogens with zero attached hydrogens (tertiary/aromatic N) is 2. The van der Waals surface area contributed by atoms with Crippen molar-refractivity contribution in [3.05, 3.63) is 47.6 Å². The molecule has 1 heterocycles. The maximum atomic E-state index is 12.5. The van der Waals surface area contributed by atoms with Gasteiger partial charge in [0.05, 0.1) is 10.7 Å². The van der Waals surface area contributed by atoms with E-state index in [1.807, 2.05) is 0 Å². The Morgan fingerprint density at radius 3 is 2.53 bits per heavy atom. The van der Waals surface area contributed by atoms with E-state index in [4.69, 9.17) is 17.3 Å². The Morgan fingerprint density at radius 2 is 1.95 bits per heavy atom. The first-order chi connectivity index (χ1) is 8.94. The third kappa shape index (κ3) is 2.50. The largest absolute Gasteiger partial charge is 0.398 e. The van der Waals surface area contributed by atoms with Gasteiger partial charge in [-0.15, -0.1) is 0 Å². The maximum absolute atomic E-state index is 12.5. The summed E-state index contributed by atoms with van der Waals surface area (Å²) < 4.78 is 26.0. The first-order valence-electron chi connectivity index (χ1n) is 5.38. The highest BCUT2D eigenvalue weighted by atomic mass is 35.5. The highest BCUT2D eigenvalue weighted by Gasteiger charge is 2.26. The van der Waals surface area contributed by atoms with Gasteiger partial charge in [0.15, 0.2) is 0 Å². The summed E-state index contributed by atoms with van der Waals surface area (Å²) >= 11 is 5.94. The zero-order valence-corrected chi connectivity index (χ0v) is 11.7. The van der Waals surface area contributed by atoms with Crippen LogP contribution in [0.1, 0.15) is 0 Å². The second kappa shape index (κ2) is 5.07. The van der Waals surface area contributed by atoms with Crippen LogP contribution in [0.25, 0.3) is 0 Å². The molecular formula is C12H12ClN3O2S. The first-order valence-corrected chi connectivity index (χ1v) is 7.20. The Bertz CT molecular complexity index is 669. The fourth-order valence-corrected chi connectivity index (χ4v) is 3.38. The van der Waals surface area contributed by atoms with Gasteiger partial charge in [0.1, 0.15) is 10.7 Å². The number of anilines is 2. The van der Waals surface area contributed by atoms with Crippen LogP contribution >= 0.6 is 11.6 Å². The van der Waals surface area contributed by atoms with Gasteiger partial charge >= 0.3 is 0 Å². The number of hydrogen-bond acceptors (Lipinski definition) is 4. The van der Waals surface area contributed by atoms with Gasteiger partial charge in [-0.3, -0.25) is 4.31 Å². The minimum atomic E-state index is -3.84. The number of aromatic nitrogens is 1. The van der Waals surface area contributed by atoms with E-state index >= 15 is 0 Å². The number of rotatable bonds is 3. The Labute approximate surface area is 116 Å². The zero-order chi connectivity index (χ0) is 14.0. The van der Waals surface area contributed by atoms with Gasteiger partial charge in [0.2, 0.25) is 0 Å². The third-order valence-electron chi connectivity index (χ3n) is 2.59. The Hall–Kier alpha value is -1.79. The van der Waals surface area contributed by atoms with Crippen molar-refractivity contribution in [1.82, 2.24) is 4.98 Å².